The van der Waals surface area contributed by atoms with Crippen LogP contribution in [0.2, 0.25) is 0 Å². The molecule has 0 saturated heterocycles. The zero-order valence-corrected chi connectivity index (χ0v) is 11.4. The third kappa shape index (κ3) is 2.42. The lowest BCUT2D eigenvalue weighted by Crippen LogP contribution is -1.85. The van der Waals surface area contributed by atoms with Crippen LogP contribution in [0, 0.1) is 17.1 Å². The van der Waals surface area contributed by atoms with Crippen LogP contribution < -0.4 is 5.73 Å². The fraction of sp³-hybridized carbons (Fsp3) is 0. The zero-order valence-electron chi connectivity index (χ0n) is 11.4. The maximum Gasteiger partial charge on any atom is 0.131 e. The number of aromatic amines is 1. The summed E-state index contributed by atoms with van der Waals surface area (Å²) in [6.45, 7) is 0. The van der Waals surface area contributed by atoms with E-state index in [0.29, 0.717) is 27.6 Å². The van der Waals surface area contributed by atoms with Gasteiger partial charge in [0, 0.05) is 16.5 Å². The molecule has 0 fully saturated rings. The number of halogens is 2. The summed E-state index contributed by atoms with van der Waals surface area (Å²) in [5, 5.41) is 9.67. The van der Waals surface area contributed by atoms with Gasteiger partial charge in [-0.1, -0.05) is 24.3 Å². The van der Waals surface area contributed by atoms with Crippen LogP contribution in [0.4, 0.5) is 14.6 Å². The number of nitrogens with zero attached hydrogens (tertiary/aromatic N) is 1. The molecule has 5 heteroatoms. The van der Waals surface area contributed by atoms with Crippen LogP contribution in [0.25, 0.3) is 22.8 Å². The van der Waals surface area contributed by atoms with E-state index in [-0.39, 0.29) is 5.82 Å². The van der Waals surface area contributed by atoms with Gasteiger partial charge in [0.1, 0.15) is 29.1 Å². The van der Waals surface area contributed by atoms with Crippen LogP contribution in [-0.2, 0) is 0 Å². The number of benzene rings is 2. The van der Waals surface area contributed by atoms with E-state index in [4.69, 9.17) is 11.0 Å². The van der Waals surface area contributed by atoms with Gasteiger partial charge in [-0.15, -0.1) is 0 Å². The molecule has 1 heterocycles. The number of nitrogens with two attached hydrogens (primary N) is 1. The van der Waals surface area contributed by atoms with Gasteiger partial charge < -0.3 is 10.7 Å². The second kappa shape index (κ2) is 5.34. The minimum atomic E-state index is -0.501. The monoisotopic (exact) mass is 295 g/mol. The Hall–Kier alpha value is -3.13. The van der Waals surface area contributed by atoms with Gasteiger partial charge in [-0.05, 0) is 29.8 Å². The first-order valence-electron chi connectivity index (χ1n) is 6.53. The smallest absolute Gasteiger partial charge is 0.131 e. The van der Waals surface area contributed by atoms with Crippen molar-refractivity contribution in [2.45, 2.75) is 0 Å². The second-order valence-corrected chi connectivity index (χ2v) is 4.83. The molecule has 3 nitrogen and oxygen atoms in total. The predicted octanol–water partition coefficient (Wildman–Crippen LogP) is 4.23. The van der Waals surface area contributed by atoms with Gasteiger partial charge in [-0.25, -0.2) is 8.78 Å². The summed E-state index contributed by atoms with van der Waals surface area (Å²) in [4.78, 5) is 2.85. The molecule has 0 aliphatic carbocycles. The Balaban J connectivity index is 2.05. The number of aromatic nitrogens is 1. The van der Waals surface area contributed by atoms with Crippen LogP contribution in [-0.4, -0.2) is 4.98 Å². The fourth-order valence-electron chi connectivity index (χ4n) is 2.31. The number of nitriles is 1. The minimum Gasteiger partial charge on any atom is -0.384 e. The van der Waals surface area contributed by atoms with Gasteiger partial charge in [0.25, 0.3) is 0 Å². The highest BCUT2D eigenvalue weighted by atomic mass is 19.1. The molecule has 0 unspecified atom stereocenters. The third-order valence-electron chi connectivity index (χ3n) is 3.36. The molecule has 2 aromatic carbocycles. The fourth-order valence-corrected chi connectivity index (χ4v) is 2.31. The maximum absolute atomic E-state index is 14.3. The Bertz CT molecular complexity index is 933. The van der Waals surface area contributed by atoms with E-state index < -0.39 is 11.6 Å². The third-order valence-corrected chi connectivity index (χ3v) is 3.36. The molecule has 22 heavy (non-hydrogen) atoms. The second-order valence-electron chi connectivity index (χ2n) is 4.83. The Morgan fingerprint density at radius 1 is 1.23 bits per heavy atom. The first-order chi connectivity index (χ1) is 10.6. The van der Waals surface area contributed by atoms with E-state index in [9.17, 15) is 8.78 Å². The molecular weight excluding hydrogens is 284 g/mol. The van der Waals surface area contributed by atoms with E-state index in [1.165, 1.54) is 24.3 Å². The Kier molecular flexibility index (Phi) is 3.36. The average Bonchev–Trinajstić information content (AvgIpc) is 2.81. The molecule has 1 aromatic heterocycles. The van der Waals surface area contributed by atoms with Crippen molar-refractivity contribution in [3.05, 3.63) is 65.0 Å². The van der Waals surface area contributed by atoms with Crippen LogP contribution in [0.5, 0.6) is 0 Å². The SMILES string of the molecule is N#Cc1c(N)[nH]c2cc(C(F)=Cc3cccc(F)c3)ccc12. The maximum atomic E-state index is 14.3. The van der Waals surface area contributed by atoms with Crippen molar-refractivity contribution >= 4 is 28.6 Å². The van der Waals surface area contributed by atoms with Gasteiger partial charge in [0.15, 0.2) is 0 Å². The summed E-state index contributed by atoms with van der Waals surface area (Å²) in [7, 11) is 0. The van der Waals surface area contributed by atoms with E-state index >= 15 is 0 Å². The summed E-state index contributed by atoms with van der Waals surface area (Å²) in [5.74, 6) is -0.670. The molecule has 3 rings (SSSR count). The van der Waals surface area contributed by atoms with E-state index in [1.54, 1.807) is 24.3 Å². The molecule has 0 aliphatic rings. The number of hydrogen-bond donors (Lipinski definition) is 2. The predicted molar refractivity (Wildman–Crippen MR) is 82.8 cm³/mol. The molecular formula is C17H11F2N3. The van der Waals surface area contributed by atoms with Crippen LogP contribution in [0.15, 0.2) is 42.5 Å². The highest BCUT2D eigenvalue weighted by molar-refractivity contribution is 5.93. The van der Waals surface area contributed by atoms with E-state index in [2.05, 4.69) is 4.98 Å². The Morgan fingerprint density at radius 3 is 2.77 bits per heavy atom. The lowest BCUT2D eigenvalue weighted by molar-refractivity contribution is 0.627. The molecule has 0 radical (unpaired) electrons. The Morgan fingerprint density at radius 2 is 2.05 bits per heavy atom. The van der Waals surface area contributed by atoms with Gasteiger partial charge in [-0.2, -0.15) is 5.26 Å². The van der Waals surface area contributed by atoms with Crippen molar-refractivity contribution in [1.29, 1.82) is 5.26 Å². The summed E-state index contributed by atoms with van der Waals surface area (Å²) < 4.78 is 27.4. The van der Waals surface area contributed by atoms with Gasteiger partial charge in [0.2, 0.25) is 0 Å². The molecule has 3 aromatic rings. The molecule has 0 spiro atoms. The molecule has 0 atom stereocenters. The van der Waals surface area contributed by atoms with Crippen molar-refractivity contribution in [2.75, 3.05) is 5.73 Å². The minimum absolute atomic E-state index is 0.254. The van der Waals surface area contributed by atoms with E-state index in [0.717, 1.165) is 0 Å². The molecule has 3 N–H and O–H groups in total. The van der Waals surface area contributed by atoms with Gasteiger partial charge in [-0.3, -0.25) is 0 Å². The first-order valence-corrected chi connectivity index (χ1v) is 6.53. The molecule has 0 amide bonds. The van der Waals surface area contributed by atoms with Crippen LogP contribution in [0.3, 0.4) is 0 Å². The summed E-state index contributed by atoms with van der Waals surface area (Å²) >= 11 is 0. The normalized spacial score (nSPS) is 11.6. The van der Waals surface area contributed by atoms with Crippen LogP contribution >= 0.6 is 0 Å². The lowest BCUT2D eigenvalue weighted by Gasteiger charge is -2.00. The zero-order chi connectivity index (χ0) is 15.7. The number of hydrogen-bond acceptors (Lipinski definition) is 2. The first kappa shape index (κ1) is 13.8. The number of anilines is 1. The molecule has 0 saturated carbocycles. The lowest BCUT2D eigenvalue weighted by atomic mass is 10.1. The van der Waals surface area contributed by atoms with Crippen molar-refractivity contribution in [1.82, 2.24) is 4.98 Å². The van der Waals surface area contributed by atoms with Crippen molar-refractivity contribution in [3.8, 4) is 6.07 Å². The van der Waals surface area contributed by atoms with Crippen molar-refractivity contribution in [2.24, 2.45) is 0 Å². The van der Waals surface area contributed by atoms with E-state index in [1.807, 2.05) is 6.07 Å². The van der Waals surface area contributed by atoms with Crippen molar-refractivity contribution < 1.29 is 8.78 Å². The number of rotatable bonds is 2. The molecule has 0 aliphatic heterocycles. The van der Waals surface area contributed by atoms with Gasteiger partial charge >= 0.3 is 0 Å². The highest BCUT2D eigenvalue weighted by Gasteiger charge is 2.10. The van der Waals surface area contributed by atoms with Crippen molar-refractivity contribution in [3.63, 3.8) is 0 Å². The number of H-pyrrole nitrogens is 1. The number of nitrogen functional groups attached to an aromatic ring is 1. The number of fused-ring (bicyclic) bond motifs is 1. The summed E-state index contributed by atoms with van der Waals surface area (Å²) in [6.07, 6.45) is 1.25. The largest absolute Gasteiger partial charge is 0.384 e. The Labute approximate surface area is 125 Å². The summed E-state index contributed by atoms with van der Waals surface area (Å²) in [5.41, 5.74) is 7.38. The highest BCUT2D eigenvalue weighted by Crippen LogP contribution is 2.28. The van der Waals surface area contributed by atoms with Gasteiger partial charge in [0.05, 0.1) is 0 Å². The summed E-state index contributed by atoms with van der Waals surface area (Å²) in [6, 6.07) is 12.4. The number of nitrogens with one attached hydrogen (secondary N) is 1. The quantitative estimate of drug-likeness (QED) is 0.695. The average molecular weight is 295 g/mol. The topological polar surface area (TPSA) is 65.6 Å². The molecule has 0 bridgehead atoms. The van der Waals surface area contributed by atoms with Crippen LogP contribution in [0.1, 0.15) is 16.7 Å². The molecule has 108 valence electrons. The standard InChI is InChI=1S/C17H11F2N3/c18-12-3-1-2-10(6-12)7-15(19)11-4-5-13-14(9-20)17(21)22-16(13)8-11/h1-8,22H,21H2.